The average molecular weight is 379 g/mol. The summed E-state index contributed by atoms with van der Waals surface area (Å²) in [5.74, 6) is 0.624. The number of nitrogens with zero attached hydrogens (tertiary/aromatic N) is 6. The molecule has 0 radical (unpaired) electrons. The number of benzene rings is 1. The topological polar surface area (TPSA) is 84.1 Å². The van der Waals surface area contributed by atoms with Crippen molar-refractivity contribution in [2.75, 3.05) is 0 Å². The van der Waals surface area contributed by atoms with Gasteiger partial charge in [-0.2, -0.15) is 5.10 Å². The minimum absolute atomic E-state index is 0.624. The van der Waals surface area contributed by atoms with Crippen LogP contribution in [0.25, 0.3) is 45.4 Å². The first-order valence-corrected chi connectivity index (χ1v) is 9.07. The van der Waals surface area contributed by atoms with Crippen LogP contribution in [0.3, 0.4) is 0 Å². The van der Waals surface area contributed by atoms with Gasteiger partial charge in [-0.05, 0) is 44.0 Å². The highest BCUT2D eigenvalue weighted by molar-refractivity contribution is 5.92. The van der Waals surface area contributed by atoms with Crippen molar-refractivity contribution >= 4 is 35.2 Å². The maximum Gasteiger partial charge on any atom is 0.161 e. The summed E-state index contributed by atoms with van der Waals surface area (Å²) in [5, 5.41) is 5.61. The first kappa shape index (κ1) is 17.0. The van der Waals surface area contributed by atoms with Crippen molar-refractivity contribution in [3.8, 4) is 22.6 Å². The molecule has 4 heterocycles. The van der Waals surface area contributed by atoms with Crippen molar-refractivity contribution in [3.05, 3.63) is 66.8 Å². The van der Waals surface area contributed by atoms with E-state index >= 15 is 0 Å². The fourth-order valence-electron chi connectivity index (χ4n) is 3.39. The highest BCUT2D eigenvalue weighted by Crippen LogP contribution is 2.29. The van der Waals surface area contributed by atoms with Crippen LogP contribution in [-0.4, -0.2) is 36.3 Å². The first-order valence-electron chi connectivity index (χ1n) is 9.07. The summed E-state index contributed by atoms with van der Waals surface area (Å²) in [6.07, 6.45) is 7.28. The number of H-pyrrole nitrogens is 1. The van der Waals surface area contributed by atoms with Gasteiger partial charge in [-0.15, -0.1) is 0 Å². The largest absolute Gasteiger partial charge is 0.345 e. The third-order valence-electron chi connectivity index (χ3n) is 4.92. The number of aromatic nitrogens is 6. The zero-order valence-corrected chi connectivity index (χ0v) is 15.8. The number of hydrogen-bond acceptors (Lipinski definition) is 5. The molecule has 0 fully saturated rings. The maximum atomic E-state index is 4.70. The molecule has 0 saturated heterocycles. The molecule has 140 valence electrons. The van der Waals surface area contributed by atoms with Crippen LogP contribution in [0.2, 0.25) is 0 Å². The maximum absolute atomic E-state index is 4.70. The quantitative estimate of drug-likeness (QED) is 0.462. The van der Waals surface area contributed by atoms with Crippen molar-refractivity contribution < 1.29 is 0 Å². The molecule has 1 aromatic carbocycles. The Hall–Kier alpha value is -4.13. The molecule has 0 saturated carbocycles. The molecule has 0 atom stereocenters. The van der Waals surface area contributed by atoms with Gasteiger partial charge in [-0.1, -0.05) is 12.7 Å². The molecule has 0 aliphatic carbocycles. The van der Waals surface area contributed by atoms with E-state index in [9.17, 15) is 0 Å². The molecule has 0 aliphatic heterocycles. The Balaban J connectivity index is 1.60. The Bertz CT molecular complexity index is 1410. The lowest BCUT2D eigenvalue weighted by molar-refractivity contribution is 0.906. The van der Waals surface area contributed by atoms with E-state index in [1.54, 1.807) is 12.3 Å². The molecule has 0 amide bonds. The van der Waals surface area contributed by atoms with Crippen molar-refractivity contribution in [1.29, 1.82) is 0 Å². The zero-order valence-electron chi connectivity index (χ0n) is 15.8. The van der Waals surface area contributed by atoms with E-state index in [0.717, 1.165) is 50.4 Å². The molecule has 0 aliphatic rings. The van der Waals surface area contributed by atoms with Crippen molar-refractivity contribution in [2.24, 2.45) is 4.99 Å². The van der Waals surface area contributed by atoms with E-state index in [1.807, 2.05) is 54.2 Å². The van der Waals surface area contributed by atoms with Crippen molar-refractivity contribution in [1.82, 2.24) is 29.5 Å². The summed E-state index contributed by atoms with van der Waals surface area (Å²) in [6, 6.07) is 9.68. The zero-order chi connectivity index (χ0) is 20.0. The highest BCUT2D eigenvalue weighted by atomic mass is 15.3. The molecule has 7 heteroatoms. The normalized spacial score (nSPS) is 11.2. The first-order chi connectivity index (χ1) is 14.2. The van der Waals surface area contributed by atoms with Gasteiger partial charge in [-0.3, -0.25) is 4.99 Å². The van der Waals surface area contributed by atoms with E-state index in [4.69, 9.17) is 10.1 Å². The lowest BCUT2D eigenvalue weighted by Crippen LogP contribution is -1.96. The monoisotopic (exact) mass is 379 g/mol. The summed E-state index contributed by atoms with van der Waals surface area (Å²) >= 11 is 0. The van der Waals surface area contributed by atoms with Gasteiger partial charge in [0.2, 0.25) is 0 Å². The predicted molar refractivity (Wildman–Crippen MR) is 115 cm³/mol. The molecular formula is C22H17N7. The number of hydrogen-bond donors (Lipinski definition) is 1. The van der Waals surface area contributed by atoms with E-state index < -0.39 is 0 Å². The molecule has 4 aromatic heterocycles. The number of aromatic amines is 1. The summed E-state index contributed by atoms with van der Waals surface area (Å²) < 4.78 is 1.83. The van der Waals surface area contributed by atoms with Crippen LogP contribution in [0, 0.1) is 6.92 Å². The average Bonchev–Trinajstić information content (AvgIpc) is 3.36. The molecule has 7 nitrogen and oxygen atoms in total. The number of aliphatic imine (C=N–C) groups is 1. The molecule has 0 spiro atoms. The number of nitrogens with one attached hydrogen (secondary N) is 1. The van der Waals surface area contributed by atoms with Crippen LogP contribution in [0.4, 0.5) is 5.69 Å². The Labute approximate surface area is 166 Å². The molecule has 5 rings (SSSR count). The fourth-order valence-corrected chi connectivity index (χ4v) is 3.39. The van der Waals surface area contributed by atoms with Crippen molar-refractivity contribution in [2.45, 2.75) is 6.92 Å². The van der Waals surface area contributed by atoms with Gasteiger partial charge in [0.15, 0.2) is 11.5 Å². The van der Waals surface area contributed by atoms with E-state index in [0.29, 0.717) is 5.82 Å². The molecule has 0 unspecified atom stereocenters. The second kappa shape index (κ2) is 6.49. The Morgan fingerprint density at radius 3 is 2.86 bits per heavy atom. The SMILES string of the molecule is C=Cc1cc(-c2ncc3c(-c4ccc5ncc(C)n5n4)c[nH]c3n2)ccc1N=C. The van der Waals surface area contributed by atoms with Crippen LogP contribution in [-0.2, 0) is 0 Å². The number of fused-ring (bicyclic) bond motifs is 2. The Kier molecular flexibility index (Phi) is 3.80. The van der Waals surface area contributed by atoms with Gasteiger partial charge >= 0.3 is 0 Å². The molecule has 5 aromatic rings. The van der Waals surface area contributed by atoms with Crippen molar-refractivity contribution in [3.63, 3.8) is 0 Å². The van der Waals surface area contributed by atoms with Gasteiger partial charge in [0.1, 0.15) is 5.65 Å². The minimum atomic E-state index is 0.624. The van der Waals surface area contributed by atoms with Gasteiger partial charge in [0, 0.05) is 34.5 Å². The summed E-state index contributed by atoms with van der Waals surface area (Å²) in [7, 11) is 0. The molecule has 0 bridgehead atoms. The van der Waals surface area contributed by atoms with E-state index in [2.05, 4.69) is 33.2 Å². The van der Waals surface area contributed by atoms with Gasteiger partial charge in [-0.25, -0.2) is 19.5 Å². The third-order valence-corrected chi connectivity index (χ3v) is 4.92. The Morgan fingerprint density at radius 1 is 1.14 bits per heavy atom. The van der Waals surface area contributed by atoms with E-state index in [1.165, 1.54) is 0 Å². The second-order valence-corrected chi connectivity index (χ2v) is 6.68. The third kappa shape index (κ3) is 2.71. The standard InChI is InChI=1S/C22H17N7/c1-4-14-9-15(5-6-18(14)23-3)21-25-12-17-16(11-26-22(17)27-21)19-7-8-20-24-10-13(2)29(20)28-19/h4-12H,1,3H2,2H3,(H,25,26,27). The summed E-state index contributed by atoms with van der Waals surface area (Å²) in [5.41, 5.74) is 6.89. The van der Waals surface area contributed by atoms with Gasteiger partial charge in [0.05, 0.1) is 23.3 Å². The van der Waals surface area contributed by atoms with Crippen LogP contribution in [0.5, 0.6) is 0 Å². The minimum Gasteiger partial charge on any atom is -0.345 e. The van der Waals surface area contributed by atoms with Gasteiger partial charge < -0.3 is 4.98 Å². The van der Waals surface area contributed by atoms with Gasteiger partial charge in [0.25, 0.3) is 0 Å². The molecule has 1 N–H and O–H groups in total. The lowest BCUT2D eigenvalue weighted by atomic mass is 10.1. The summed E-state index contributed by atoms with van der Waals surface area (Å²) in [6.45, 7) is 9.40. The predicted octanol–water partition coefficient (Wildman–Crippen LogP) is 4.62. The van der Waals surface area contributed by atoms with Crippen LogP contribution in [0.1, 0.15) is 11.3 Å². The van der Waals surface area contributed by atoms with Crippen LogP contribution in [0.15, 0.2) is 60.5 Å². The summed E-state index contributed by atoms with van der Waals surface area (Å²) in [4.78, 5) is 20.8. The highest BCUT2D eigenvalue weighted by Gasteiger charge is 2.13. The number of aryl methyl sites for hydroxylation is 1. The van der Waals surface area contributed by atoms with Crippen LogP contribution >= 0.6 is 0 Å². The lowest BCUT2D eigenvalue weighted by Gasteiger charge is -2.05. The smallest absolute Gasteiger partial charge is 0.161 e. The fraction of sp³-hybridized carbons (Fsp3) is 0.0455. The number of rotatable bonds is 4. The molecular weight excluding hydrogens is 362 g/mol. The van der Waals surface area contributed by atoms with E-state index in [-0.39, 0.29) is 0 Å². The molecule has 29 heavy (non-hydrogen) atoms. The number of imidazole rings is 1. The Morgan fingerprint density at radius 2 is 2.03 bits per heavy atom. The second-order valence-electron chi connectivity index (χ2n) is 6.68. The van der Waals surface area contributed by atoms with Crippen LogP contribution < -0.4 is 0 Å².